The Morgan fingerprint density at radius 1 is 1.73 bits per heavy atom. The number of aliphatic hydroxyl groups is 1. The molecule has 0 radical (unpaired) electrons. The summed E-state index contributed by atoms with van der Waals surface area (Å²) in [7, 11) is 0. The number of rotatable bonds is 4. The van der Waals surface area contributed by atoms with Gasteiger partial charge in [0.1, 0.15) is 6.10 Å². The lowest BCUT2D eigenvalue weighted by Gasteiger charge is -2.08. The van der Waals surface area contributed by atoms with Crippen LogP contribution in [0.3, 0.4) is 0 Å². The first-order valence-corrected chi connectivity index (χ1v) is 4.48. The first-order valence-electron chi connectivity index (χ1n) is 3.57. The van der Waals surface area contributed by atoms with Crippen LogP contribution in [0.4, 0.5) is 0 Å². The molecule has 1 fully saturated rings. The first-order chi connectivity index (χ1) is 5.11. The highest BCUT2D eigenvalue weighted by molar-refractivity contribution is 9.09. The van der Waals surface area contributed by atoms with Crippen LogP contribution in [-0.2, 0) is 0 Å². The van der Waals surface area contributed by atoms with Crippen LogP contribution in [0.15, 0.2) is 0 Å². The minimum atomic E-state index is -0.997. The molecule has 0 aromatic carbocycles. The molecule has 2 atom stereocenters. The lowest BCUT2D eigenvalue weighted by molar-refractivity contribution is -0.504. The zero-order chi connectivity index (χ0) is 8.43. The van der Waals surface area contributed by atoms with E-state index in [1.165, 1.54) is 0 Å². The summed E-state index contributed by atoms with van der Waals surface area (Å²) in [6.07, 6.45) is 1.93. The molecule has 4 nitrogen and oxygen atoms in total. The van der Waals surface area contributed by atoms with Gasteiger partial charge in [-0.3, -0.25) is 10.1 Å². The molecule has 1 N–H and O–H groups in total. The highest BCUT2D eigenvalue weighted by Crippen LogP contribution is 2.34. The molecule has 2 unspecified atom stereocenters. The number of halogens is 1. The van der Waals surface area contributed by atoms with Crippen molar-refractivity contribution < 1.29 is 10.0 Å². The summed E-state index contributed by atoms with van der Waals surface area (Å²) >= 11 is 2.81. The average Bonchev–Trinajstić information content (AvgIpc) is 2.69. The first kappa shape index (κ1) is 8.93. The highest BCUT2D eigenvalue weighted by Gasteiger charge is 2.32. The van der Waals surface area contributed by atoms with Crippen LogP contribution in [0.5, 0.6) is 0 Å². The van der Waals surface area contributed by atoms with Gasteiger partial charge in [0.2, 0.25) is 0 Å². The molecule has 0 bridgehead atoms. The second-order valence-electron chi connectivity index (χ2n) is 2.90. The third kappa shape index (κ3) is 2.75. The van der Waals surface area contributed by atoms with Crippen LogP contribution in [0.25, 0.3) is 0 Å². The second kappa shape index (κ2) is 3.49. The molecule has 11 heavy (non-hydrogen) atoms. The van der Waals surface area contributed by atoms with Crippen LogP contribution in [0, 0.1) is 16.0 Å². The van der Waals surface area contributed by atoms with E-state index in [4.69, 9.17) is 0 Å². The molecule has 0 aromatic heterocycles. The van der Waals surface area contributed by atoms with Gasteiger partial charge in [-0.15, -0.1) is 0 Å². The van der Waals surface area contributed by atoms with Crippen molar-refractivity contribution in [2.24, 2.45) is 5.92 Å². The van der Waals surface area contributed by atoms with Gasteiger partial charge in [0.25, 0.3) is 4.95 Å². The van der Waals surface area contributed by atoms with Crippen LogP contribution in [-0.4, -0.2) is 21.1 Å². The molecule has 0 saturated heterocycles. The third-order valence-corrected chi connectivity index (χ3v) is 2.74. The predicted molar refractivity (Wildman–Crippen MR) is 43.1 cm³/mol. The van der Waals surface area contributed by atoms with E-state index in [2.05, 4.69) is 15.9 Å². The highest BCUT2D eigenvalue weighted by atomic mass is 79.9. The molecule has 0 heterocycles. The van der Waals surface area contributed by atoms with Crippen LogP contribution >= 0.6 is 15.9 Å². The van der Waals surface area contributed by atoms with E-state index in [0.717, 1.165) is 12.8 Å². The smallest absolute Gasteiger partial charge is 0.291 e. The van der Waals surface area contributed by atoms with Crippen molar-refractivity contribution in [3.63, 3.8) is 0 Å². The van der Waals surface area contributed by atoms with Crippen molar-refractivity contribution >= 4 is 15.9 Å². The Morgan fingerprint density at radius 3 is 2.64 bits per heavy atom. The predicted octanol–water partition coefficient (Wildman–Crippen LogP) is 1.15. The maximum absolute atomic E-state index is 10.1. The minimum Gasteiger partial charge on any atom is -0.385 e. The number of hydrogen-bond acceptors (Lipinski definition) is 3. The molecule has 64 valence electrons. The quantitative estimate of drug-likeness (QED) is 0.337. The average molecular weight is 224 g/mol. The molecular formula is C6H10BrNO3. The van der Waals surface area contributed by atoms with Crippen LogP contribution in [0.1, 0.15) is 19.3 Å². The number of alkyl halides is 1. The van der Waals surface area contributed by atoms with Crippen LogP contribution < -0.4 is 0 Å². The topological polar surface area (TPSA) is 63.4 Å². The fourth-order valence-electron chi connectivity index (χ4n) is 0.948. The van der Waals surface area contributed by atoms with Gasteiger partial charge >= 0.3 is 0 Å². The van der Waals surface area contributed by atoms with Gasteiger partial charge < -0.3 is 5.11 Å². The van der Waals surface area contributed by atoms with E-state index in [1.807, 2.05) is 0 Å². The molecule has 0 amide bonds. The van der Waals surface area contributed by atoms with Crippen molar-refractivity contribution in [3.05, 3.63) is 10.1 Å². The molecule has 0 aromatic rings. The van der Waals surface area contributed by atoms with E-state index in [1.54, 1.807) is 0 Å². The zero-order valence-electron chi connectivity index (χ0n) is 5.94. The van der Waals surface area contributed by atoms with Gasteiger partial charge in [0.05, 0.1) is 0 Å². The summed E-state index contributed by atoms with van der Waals surface area (Å²) < 4.78 is 0. The van der Waals surface area contributed by atoms with Gasteiger partial charge in [-0.05, 0) is 28.3 Å². The number of nitrogens with zero attached hydrogens (tertiary/aromatic N) is 1. The van der Waals surface area contributed by atoms with Crippen LogP contribution in [0.2, 0.25) is 0 Å². The van der Waals surface area contributed by atoms with Crippen molar-refractivity contribution in [3.8, 4) is 0 Å². The maximum Gasteiger partial charge on any atom is 0.291 e. The Labute approximate surface area is 72.9 Å². The van der Waals surface area contributed by atoms with Gasteiger partial charge in [0.15, 0.2) is 0 Å². The SMILES string of the molecule is O=[N+]([O-])C(Br)C(O)CC1CC1. The maximum atomic E-state index is 10.1. The fourth-order valence-corrected chi connectivity index (χ4v) is 1.16. The van der Waals surface area contributed by atoms with Crippen molar-refractivity contribution in [1.82, 2.24) is 0 Å². The van der Waals surface area contributed by atoms with Crippen molar-refractivity contribution in [2.45, 2.75) is 30.3 Å². The third-order valence-electron chi connectivity index (χ3n) is 1.79. The summed E-state index contributed by atoms with van der Waals surface area (Å²) in [5.74, 6) is 0.519. The minimum absolute atomic E-state index is 0.507. The molecule has 0 spiro atoms. The van der Waals surface area contributed by atoms with Gasteiger partial charge in [-0.25, -0.2) is 0 Å². The zero-order valence-corrected chi connectivity index (χ0v) is 7.53. The van der Waals surface area contributed by atoms with E-state index < -0.39 is 16.0 Å². The summed E-state index contributed by atoms with van der Waals surface area (Å²) in [6.45, 7) is 0. The largest absolute Gasteiger partial charge is 0.385 e. The Morgan fingerprint density at radius 2 is 2.27 bits per heavy atom. The number of nitro groups is 1. The second-order valence-corrected chi connectivity index (χ2v) is 3.84. The molecule has 5 heteroatoms. The lowest BCUT2D eigenvalue weighted by Crippen LogP contribution is -2.28. The van der Waals surface area contributed by atoms with E-state index in [0.29, 0.717) is 12.3 Å². The van der Waals surface area contributed by atoms with E-state index in [-0.39, 0.29) is 0 Å². The Kier molecular flexibility index (Phi) is 2.84. The standard InChI is InChI=1S/C6H10BrNO3/c7-6(8(10)11)5(9)3-4-1-2-4/h4-6,9H,1-3H2. The Bertz CT molecular complexity index is 160. The molecular weight excluding hydrogens is 214 g/mol. The lowest BCUT2D eigenvalue weighted by atomic mass is 10.2. The van der Waals surface area contributed by atoms with E-state index >= 15 is 0 Å². The summed E-state index contributed by atoms with van der Waals surface area (Å²) in [6, 6.07) is 0. The molecule has 1 aliphatic rings. The normalized spacial score (nSPS) is 22.7. The summed E-state index contributed by atoms with van der Waals surface area (Å²) in [4.78, 5) is 8.64. The summed E-state index contributed by atoms with van der Waals surface area (Å²) in [5.41, 5.74) is 0. The fraction of sp³-hybridized carbons (Fsp3) is 1.00. The number of hydrogen-bond donors (Lipinski definition) is 1. The Balaban J connectivity index is 2.26. The molecule has 1 aliphatic carbocycles. The molecule has 0 aliphatic heterocycles. The van der Waals surface area contributed by atoms with Crippen molar-refractivity contribution in [1.29, 1.82) is 0 Å². The van der Waals surface area contributed by atoms with Gasteiger partial charge in [-0.2, -0.15) is 0 Å². The van der Waals surface area contributed by atoms with Gasteiger partial charge in [0, 0.05) is 4.92 Å². The molecule has 1 rings (SSSR count). The number of aliphatic hydroxyl groups excluding tert-OH is 1. The monoisotopic (exact) mass is 223 g/mol. The summed E-state index contributed by atoms with van der Waals surface area (Å²) in [5, 5.41) is 19.4. The Hall–Kier alpha value is -0.160. The molecule has 1 saturated carbocycles. The van der Waals surface area contributed by atoms with E-state index in [9.17, 15) is 15.2 Å². The van der Waals surface area contributed by atoms with Gasteiger partial charge in [-0.1, -0.05) is 12.8 Å². The van der Waals surface area contributed by atoms with Crippen molar-refractivity contribution in [2.75, 3.05) is 0 Å².